The molecule has 1 N–H and O–H groups in total. The van der Waals surface area contributed by atoms with Crippen LogP contribution < -0.4 is 5.32 Å². The van der Waals surface area contributed by atoms with Gasteiger partial charge in [-0.2, -0.15) is 5.26 Å². The molecule has 3 aromatic rings. The normalized spacial score (nSPS) is 10.6. The number of para-hydroxylation sites is 1. The average Bonchev–Trinajstić information content (AvgIpc) is 3.11. The molecule has 0 spiro atoms. The summed E-state index contributed by atoms with van der Waals surface area (Å²) in [5.74, 6) is -1.16. The van der Waals surface area contributed by atoms with E-state index >= 15 is 0 Å². The number of thiophene rings is 1. The van der Waals surface area contributed by atoms with Crippen molar-refractivity contribution in [3.8, 4) is 6.07 Å². The van der Waals surface area contributed by atoms with Crippen molar-refractivity contribution in [2.45, 2.75) is 0 Å². The van der Waals surface area contributed by atoms with Gasteiger partial charge in [0.1, 0.15) is 11.1 Å². The minimum absolute atomic E-state index is 0.372. The van der Waals surface area contributed by atoms with Crippen LogP contribution >= 0.6 is 11.3 Å². The minimum atomic E-state index is -0.651. The fraction of sp³-hybridized carbons (Fsp3) is 0.0526. The number of hydrogen-bond donors (Lipinski definition) is 1. The van der Waals surface area contributed by atoms with Gasteiger partial charge in [-0.1, -0.05) is 24.3 Å². The maximum atomic E-state index is 11.8. The maximum absolute atomic E-state index is 11.8. The van der Waals surface area contributed by atoms with Crippen LogP contribution in [0.2, 0.25) is 0 Å². The van der Waals surface area contributed by atoms with Crippen molar-refractivity contribution < 1.29 is 14.3 Å². The Morgan fingerprint density at radius 3 is 2.92 bits per heavy atom. The van der Waals surface area contributed by atoms with Crippen molar-refractivity contribution in [3.63, 3.8) is 0 Å². The zero-order valence-corrected chi connectivity index (χ0v) is 14.3. The highest BCUT2D eigenvalue weighted by Crippen LogP contribution is 2.21. The summed E-state index contributed by atoms with van der Waals surface area (Å²) in [6.07, 6.45) is 2.75. The fourth-order valence-electron chi connectivity index (χ4n) is 2.17. The monoisotopic (exact) mass is 363 g/mol. The third kappa shape index (κ3) is 4.32. The lowest BCUT2D eigenvalue weighted by molar-refractivity contribution is -0.142. The van der Waals surface area contributed by atoms with Gasteiger partial charge in [-0.3, -0.25) is 4.79 Å². The van der Waals surface area contributed by atoms with Gasteiger partial charge in [0.2, 0.25) is 0 Å². The molecule has 1 aromatic carbocycles. The molecule has 3 rings (SSSR count). The van der Waals surface area contributed by atoms with Crippen LogP contribution in [0.15, 0.2) is 53.9 Å². The van der Waals surface area contributed by atoms with Crippen molar-refractivity contribution in [2.24, 2.45) is 0 Å². The molecule has 0 bridgehead atoms. The van der Waals surface area contributed by atoms with E-state index in [-0.39, 0.29) is 0 Å². The van der Waals surface area contributed by atoms with Crippen molar-refractivity contribution in [1.82, 2.24) is 4.98 Å². The number of hydrogen-bond acceptors (Lipinski definition) is 6. The largest absolute Gasteiger partial charge is 0.452 e. The number of carbonyl (C=O) groups is 2. The quantitative estimate of drug-likeness (QED) is 0.554. The summed E-state index contributed by atoms with van der Waals surface area (Å²) in [6, 6.07) is 14.9. The first-order valence-corrected chi connectivity index (χ1v) is 8.52. The number of nitrogens with one attached hydrogen (secondary N) is 1. The van der Waals surface area contributed by atoms with E-state index in [1.54, 1.807) is 17.5 Å². The Morgan fingerprint density at radius 2 is 2.08 bits per heavy atom. The van der Waals surface area contributed by atoms with Gasteiger partial charge >= 0.3 is 5.97 Å². The molecule has 0 aliphatic rings. The number of anilines is 1. The number of amides is 1. The molecular formula is C19H13N3O3S. The Morgan fingerprint density at radius 1 is 1.23 bits per heavy atom. The van der Waals surface area contributed by atoms with E-state index in [1.165, 1.54) is 23.5 Å². The lowest BCUT2D eigenvalue weighted by Crippen LogP contribution is -2.20. The number of aromatic nitrogens is 1. The number of carbonyl (C=O) groups excluding carboxylic acids is 2. The third-order valence-corrected chi connectivity index (χ3v) is 4.22. The summed E-state index contributed by atoms with van der Waals surface area (Å²) in [5.41, 5.74) is 1.81. The number of fused-ring (bicyclic) bond motifs is 1. The van der Waals surface area contributed by atoms with E-state index in [4.69, 9.17) is 10.00 Å². The van der Waals surface area contributed by atoms with Crippen LogP contribution in [0.5, 0.6) is 0 Å². The predicted octanol–water partition coefficient (Wildman–Crippen LogP) is 3.36. The van der Waals surface area contributed by atoms with Crippen LogP contribution in [0, 0.1) is 11.3 Å². The van der Waals surface area contributed by atoms with Crippen LogP contribution in [-0.2, 0) is 14.3 Å². The SMILES string of the molecule is N#Cc1ccsc1NC(=O)COC(=O)/C=C/c1ccc2ccccc2n1. The van der Waals surface area contributed by atoms with Gasteiger partial charge in [-0.25, -0.2) is 9.78 Å². The molecule has 26 heavy (non-hydrogen) atoms. The summed E-state index contributed by atoms with van der Waals surface area (Å²) in [7, 11) is 0. The molecule has 2 heterocycles. The van der Waals surface area contributed by atoms with Crippen LogP contribution in [0.4, 0.5) is 5.00 Å². The summed E-state index contributed by atoms with van der Waals surface area (Å²) in [4.78, 5) is 27.9. The Balaban J connectivity index is 1.53. The molecule has 2 aromatic heterocycles. The molecule has 7 heteroatoms. The molecule has 1 amide bonds. The van der Waals surface area contributed by atoms with Crippen molar-refractivity contribution in [2.75, 3.05) is 11.9 Å². The number of benzene rings is 1. The Bertz CT molecular complexity index is 1030. The first kappa shape index (κ1) is 17.3. The van der Waals surface area contributed by atoms with E-state index in [1.807, 2.05) is 36.4 Å². The van der Waals surface area contributed by atoms with Crippen molar-refractivity contribution in [3.05, 3.63) is 65.2 Å². The van der Waals surface area contributed by atoms with Gasteiger partial charge in [0, 0.05) is 11.5 Å². The average molecular weight is 363 g/mol. The third-order valence-electron chi connectivity index (χ3n) is 3.39. The second-order valence-electron chi connectivity index (χ2n) is 5.19. The van der Waals surface area contributed by atoms with Crippen LogP contribution in [0.1, 0.15) is 11.3 Å². The van der Waals surface area contributed by atoms with Gasteiger partial charge in [-0.05, 0) is 29.7 Å². The zero-order valence-electron chi connectivity index (χ0n) is 13.5. The lowest BCUT2D eigenvalue weighted by Gasteiger charge is -2.03. The molecule has 0 saturated heterocycles. The maximum Gasteiger partial charge on any atom is 0.331 e. The molecule has 0 radical (unpaired) electrons. The molecule has 0 fully saturated rings. The lowest BCUT2D eigenvalue weighted by atomic mass is 10.2. The number of nitrogens with zero attached hydrogens (tertiary/aromatic N) is 2. The fourth-order valence-corrected chi connectivity index (χ4v) is 2.92. The molecule has 0 aliphatic carbocycles. The smallest absolute Gasteiger partial charge is 0.331 e. The summed E-state index contributed by atoms with van der Waals surface area (Å²) < 4.78 is 4.89. The Hall–Kier alpha value is -3.50. The highest BCUT2D eigenvalue weighted by molar-refractivity contribution is 7.14. The van der Waals surface area contributed by atoms with Crippen LogP contribution in [0.25, 0.3) is 17.0 Å². The van der Waals surface area contributed by atoms with Gasteiger partial charge < -0.3 is 10.1 Å². The molecular weight excluding hydrogens is 350 g/mol. The Labute approximate surface area is 153 Å². The van der Waals surface area contributed by atoms with Gasteiger partial charge in [0.05, 0.1) is 16.8 Å². The molecule has 6 nitrogen and oxygen atoms in total. The molecule has 0 unspecified atom stereocenters. The molecule has 0 aliphatic heterocycles. The summed E-state index contributed by atoms with van der Waals surface area (Å²) in [5, 5.41) is 14.6. The standard InChI is InChI=1S/C19H13N3O3S/c20-11-14-9-10-26-19(14)22-17(23)12-25-18(24)8-7-15-6-5-13-3-1-2-4-16(13)21-15/h1-10H,12H2,(H,22,23)/b8-7+. The second kappa shape index (κ2) is 8.05. The summed E-state index contributed by atoms with van der Waals surface area (Å²) >= 11 is 1.23. The Kier molecular flexibility index (Phi) is 5.37. The van der Waals surface area contributed by atoms with Gasteiger partial charge in [-0.15, -0.1) is 11.3 Å². The van der Waals surface area contributed by atoms with E-state index < -0.39 is 18.5 Å². The number of pyridine rings is 1. The van der Waals surface area contributed by atoms with Gasteiger partial charge in [0.15, 0.2) is 6.61 Å². The number of rotatable bonds is 5. The number of esters is 1. The first-order valence-electron chi connectivity index (χ1n) is 7.64. The van der Waals surface area contributed by atoms with Gasteiger partial charge in [0.25, 0.3) is 5.91 Å². The van der Waals surface area contributed by atoms with Crippen LogP contribution in [0.3, 0.4) is 0 Å². The second-order valence-corrected chi connectivity index (χ2v) is 6.11. The molecule has 128 valence electrons. The first-order chi connectivity index (χ1) is 12.7. The highest BCUT2D eigenvalue weighted by Gasteiger charge is 2.09. The summed E-state index contributed by atoms with van der Waals surface area (Å²) in [6.45, 7) is -0.433. The number of ether oxygens (including phenoxy) is 1. The highest BCUT2D eigenvalue weighted by atomic mass is 32.1. The van der Waals surface area contributed by atoms with Crippen molar-refractivity contribution in [1.29, 1.82) is 5.26 Å². The van der Waals surface area contributed by atoms with E-state index in [0.717, 1.165) is 10.9 Å². The predicted molar refractivity (Wildman–Crippen MR) is 99.4 cm³/mol. The van der Waals surface area contributed by atoms with E-state index in [0.29, 0.717) is 16.3 Å². The van der Waals surface area contributed by atoms with Crippen LogP contribution in [-0.4, -0.2) is 23.5 Å². The molecule has 0 saturated carbocycles. The zero-order chi connectivity index (χ0) is 18.4. The van der Waals surface area contributed by atoms with Crippen molar-refractivity contribution >= 4 is 45.2 Å². The topological polar surface area (TPSA) is 92.1 Å². The number of nitriles is 1. The minimum Gasteiger partial charge on any atom is -0.452 e. The van der Waals surface area contributed by atoms with E-state index in [2.05, 4.69) is 10.3 Å². The molecule has 0 atom stereocenters. The van der Waals surface area contributed by atoms with E-state index in [9.17, 15) is 9.59 Å².